The summed E-state index contributed by atoms with van der Waals surface area (Å²) < 4.78 is 15.9. The van der Waals surface area contributed by atoms with Crippen molar-refractivity contribution < 1.29 is 4.21 Å². The number of hydrogen-bond donors (Lipinski definition) is 1. The second-order valence-corrected chi connectivity index (χ2v) is 7.20. The molecule has 1 unspecified atom stereocenters. The SMILES string of the molecule is Cc1nccn1CCS(=O)c1nc2ccc(N)cc2s1. The van der Waals surface area contributed by atoms with E-state index in [1.807, 2.05) is 35.9 Å². The number of nitrogens with two attached hydrogens (primary N) is 1. The molecule has 0 fully saturated rings. The average Bonchev–Trinajstić information content (AvgIpc) is 3.01. The molecule has 2 heterocycles. The molecule has 3 rings (SSSR count). The molecule has 2 aromatic heterocycles. The van der Waals surface area contributed by atoms with E-state index < -0.39 is 10.8 Å². The normalized spacial score (nSPS) is 12.8. The van der Waals surface area contributed by atoms with Gasteiger partial charge in [0.2, 0.25) is 0 Å². The Kier molecular flexibility index (Phi) is 3.54. The lowest BCUT2D eigenvalue weighted by Crippen LogP contribution is -2.08. The number of aryl methyl sites for hydroxylation is 2. The fraction of sp³-hybridized carbons (Fsp3) is 0.231. The second-order valence-electron chi connectivity index (χ2n) is 4.42. The summed E-state index contributed by atoms with van der Waals surface area (Å²) in [6.07, 6.45) is 3.64. The van der Waals surface area contributed by atoms with Gasteiger partial charge in [0.15, 0.2) is 4.34 Å². The van der Waals surface area contributed by atoms with E-state index in [1.54, 1.807) is 6.20 Å². The van der Waals surface area contributed by atoms with E-state index in [1.165, 1.54) is 11.3 Å². The summed E-state index contributed by atoms with van der Waals surface area (Å²) in [5.41, 5.74) is 7.30. The van der Waals surface area contributed by atoms with Crippen LogP contribution in [0.1, 0.15) is 5.82 Å². The van der Waals surface area contributed by atoms with E-state index in [-0.39, 0.29) is 0 Å². The summed E-state index contributed by atoms with van der Waals surface area (Å²) in [7, 11) is -1.10. The predicted octanol–water partition coefficient (Wildman–Crippen LogP) is 2.19. The molecular formula is C13H14N4OS2. The van der Waals surface area contributed by atoms with Gasteiger partial charge in [0.25, 0.3) is 0 Å². The van der Waals surface area contributed by atoms with Crippen LogP contribution in [-0.4, -0.2) is 24.5 Å². The number of anilines is 1. The van der Waals surface area contributed by atoms with Gasteiger partial charge >= 0.3 is 0 Å². The van der Waals surface area contributed by atoms with Gasteiger partial charge in [0.05, 0.1) is 21.0 Å². The number of benzene rings is 1. The average molecular weight is 306 g/mol. The summed E-state index contributed by atoms with van der Waals surface area (Å²) in [5, 5.41) is 0. The van der Waals surface area contributed by atoms with Crippen LogP contribution in [0.2, 0.25) is 0 Å². The van der Waals surface area contributed by atoms with Crippen LogP contribution >= 0.6 is 11.3 Å². The Morgan fingerprint density at radius 2 is 2.30 bits per heavy atom. The first-order valence-electron chi connectivity index (χ1n) is 6.15. The summed E-state index contributed by atoms with van der Waals surface area (Å²) in [4.78, 5) is 8.56. The van der Waals surface area contributed by atoms with Crippen molar-refractivity contribution in [3.8, 4) is 0 Å². The molecule has 1 atom stereocenters. The Morgan fingerprint density at radius 3 is 3.05 bits per heavy atom. The van der Waals surface area contributed by atoms with Crippen molar-refractivity contribution in [1.82, 2.24) is 14.5 Å². The lowest BCUT2D eigenvalue weighted by atomic mass is 10.3. The van der Waals surface area contributed by atoms with Crippen molar-refractivity contribution in [3.63, 3.8) is 0 Å². The maximum absolute atomic E-state index is 12.3. The molecule has 0 aliphatic rings. The minimum atomic E-state index is -1.10. The number of hydrogen-bond acceptors (Lipinski definition) is 5. The molecule has 104 valence electrons. The molecule has 0 aliphatic heterocycles. The van der Waals surface area contributed by atoms with Gasteiger partial charge in [-0.25, -0.2) is 9.97 Å². The molecule has 20 heavy (non-hydrogen) atoms. The van der Waals surface area contributed by atoms with Crippen molar-refractivity contribution in [2.75, 3.05) is 11.5 Å². The highest BCUT2D eigenvalue weighted by Gasteiger charge is 2.11. The van der Waals surface area contributed by atoms with Crippen LogP contribution in [0.5, 0.6) is 0 Å². The molecule has 0 aliphatic carbocycles. The molecule has 7 heteroatoms. The van der Waals surface area contributed by atoms with Crippen molar-refractivity contribution >= 4 is 38.0 Å². The first-order chi connectivity index (χ1) is 9.63. The van der Waals surface area contributed by atoms with Crippen molar-refractivity contribution in [1.29, 1.82) is 0 Å². The van der Waals surface area contributed by atoms with Gasteiger partial charge < -0.3 is 10.3 Å². The van der Waals surface area contributed by atoms with Gasteiger partial charge in [-0.2, -0.15) is 0 Å². The molecule has 3 aromatic rings. The molecule has 0 saturated carbocycles. The lowest BCUT2D eigenvalue weighted by molar-refractivity contribution is 0.669. The van der Waals surface area contributed by atoms with Gasteiger partial charge in [0.1, 0.15) is 5.82 Å². The largest absolute Gasteiger partial charge is 0.399 e. The highest BCUT2D eigenvalue weighted by atomic mass is 32.2. The van der Waals surface area contributed by atoms with E-state index in [0.717, 1.165) is 16.0 Å². The molecule has 0 amide bonds. The summed E-state index contributed by atoms with van der Waals surface area (Å²) in [6, 6.07) is 5.54. The van der Waals surface area contributed by atoms with Crippen LogP contribution < -0.4 is 5.73 Å². The number of fused-ring (bicyclic) bond motifs is 1. The highest BCUT2D eigenvalue weighted by Crippen LogP contribution is 2.26. The van der Waals surface area contributed by atoms with Crippen molar-refractivity contribution in [2.45, 2.75) is 17.8 Å². The smallest absolute Gasteiger partial charge is 0.181 e. The van der Waals surface area contributed by atoms with Gasteiger partial charge in [-0.15, -0.1) is 11.3 Å². The fourth-order valence-corrected chi connectivity index (χ4v) is 4.30. The number of imidazole rings is 1. The third-order valence-electron chi connectivity index (χ3n) is 3.03. The third-order valence-corrected chi connectivity index (χ3v) is 5.68. The topological polar surface area (TPSA) is 73.8 Å². The molecule has 0 saturated heterocycles. The predicted molar refractivity (Wildman–Crippen MR) is 82.3 cm³/mol. The van der Waals surface area contributed by atoms with E-state index in [9.17, 15) is 4.21 Å². The Morgan fingerprint density at radius 1 is 1.45 bits per heavy atom. The van der Waals surface area contributed by atoms with Crippen LogP contribution in [0.4, 0.5) is 5.69 Å². The molecule has 5 nitrogen and oxygen atoms in total. The maximum atomic E-state index is 12.3. The van der Waals surface area contributed by atoms with Crippen LogP contribution in [0.15, 0.2) is 34.9 Å². The number of nitrogen functional groups attached to an aromatic ring is 1. The number of aromatic nitrogens is 3. The van der Waals surface area contributed by atoms with Gasteiger partial charge in [-0.3, -0.25) is 4.21 Å². The van der Waals surface area contributed by atoms with Crippen molar-refractivity contribution in [3.05, 3.63) is 36.4 Å². The third kappa shape index (κ3) is 2.59. The second kappa shape index (κ2) is 5.34. The van der Waals surface area contributed by atoms with E-state index in [2.05, 4.69) is 9.97 Å². The van der Waals surface area contributed by atoms with Crippen LogP contribution in [0.25, 0.3) is 10.2 Å². The molecule has 0 bridgehead atoms. The Labute approximate surface area is 122 Å². The van der Waals surface area contributed by atoms with Crippen LogP contribution in [0, 0.1) is 6.92 Å². The standard InChI is InChI=1S/C13H14N4OS2/c1-9-15-4-5-17(9)6-7-20(18)13-16-11-3-2-10(14)8-12(11)19-13/h2-5,8H,6-7,14H2,1H3. The molecule has 0 radical (unpaired) electrons. The Hall–Kier alpha value is -1.73. The van der Waals surface area contributed by atoms with Crippen LogP contribution in [0.3, 0.4) is 0 Å². The van der Waals surface area contributed by atoms with Crippen LogP contribution in [-0.2, 0) is 17.3 Å². The Balaban J connectivity index is 1.77. The minimum absolute atomic E-state index is 0.534. The minimum Gasteiger partial charge on any atom is -0.399 e. The first kappa shape index (κ1) is 13.3. The van der Waals surface area contributed by atoms with E-state index in [0.29, 0.717) is 22.3 Å². The number of rotatable bonds is 4. The maximum Gasteiger partial charge on any atom is 0.181 e. The fourth-order valence-electron chi connectivity index (χ4n) is 1.93. The zero-order chi connectivity index (χ0) is 14.1. The number of thiazole rings is 1. The highest BCUT2D eigenvalue weighted by molar-refractivity contribution is 7.87. The van der Waals surface area contributed by atoms with Crippen molar-refractivity contribution in [2.24, 2.45) is 0 Å². The molecular weight excluding hydrogens is 292 g/mol. The number of nitrogens with zero attached hydrogens (tertiary/aromatic N) is 3. The lowest BCUT2D eigenvalue weighted by Gasteiger charge is -2.02. The zero-order valence-corrected chi connectivity index (χ0v) is 12.6. The monoisotopic (exact) mass is 306 g/mol. The van der Waals surface area contributed by atoms with E-state index >= 15 is 0 Å². The van der Waals surface area contributed by atoms with Gasteiger partial charge in [0, 0.05) is 30.4 Å². The molecule has 2 N–H and O–H groups in total. The van der Waals surface area contributed by atoms with Gasteiger partial charge in [-0.1, -0.05) is 0 Å². The Bertz CT molecular complexity index is 778. The zero-order valence-electron chi connectivity index (χ0n) is 10.9. The summed E-state index contributed by atoms with van der Waals surface area (Å²) >= 11 is 1.44. The quantitative estimate of drug-likeness (QED) is 0.750. The summed E-state index contributed by atoms with van der Waals surface area (Å²) in [6.45, 7) is 2.61. The first-order valence-corrected chi connectivity index (χ1v) is 8.29. The molecule has 1 aromatic carbocycles. The summed E-state index contributed by atoms with van der Waals surface area (Å²) in [5.74, 6) is 1.46. The molecule has 0 spiro atoms. The van der Waals surface area contributed by atoms with E-state index in [4.69, 9.17) is 5.73 Å². The van der Waals surface area contributed by atoms with Gasteiger partial charge in [-0.05, 0) is 25.1 Å².